The molecule has 1 unspecified atom stereocenters. The number of aryl methyl sites for hydroxylation is 1. The summed E-state index contributed by atoms with van der Waals surface area (Å²) in [5.41, 5.74) is 2.27. The van der Waals surface area contributed by atoms with Crippen molar-refractivity contribution in [1.29, 1.82) is 0 Å². The fourth-order valence-electron chi connectivity index (χ4n) is 3.29. The highest BCUT2D eigenvalue weighted by molar-refractivity contribution is 5.79. The van der Waals surface area contributed by atoms with Crippen molar-refractivity contribution in [3.05, 3.63) is 29.3 Å². The van der Waals surface area contributed by atoms with Crippen LogP contribution >= 0.6 is 0 Å². The Morgan fingerprint density at radius 2 is 2.19 bits per heavy atom. The summed E-state index contributed by atoms with van der Waals surface area (Å²) in [6.07, 6.45) is 0.190. The van der Waals surface area contributed by atoms with E-state index in [1.54, 1.807) is 7.11 Å². The molecule has 1 saturated heterocycles. The lowest BCUT2D eigenvalue weighted by molar-refractivity contribution is -0.0284. The number of ether oxygens (including phenoxy) is 2. The molecule has 1 fully saturated rings. The maximum absolute atomic E-state index is 5.92. The van der Waals surface area contributed by atoms with Crippen molar-refractivity contribution >= 4 is 5.96 Å². The van der Waals surface area contributed by atoms with E-state index in [1.165, 1.54) is 5.56 Å². The topological polar surface area (TPSA) is 58.1 Å². The molecule has 6 heteroatoms. The third kappa shape index (κ3) is 7.39. The third-order valence-electron chi connectivity index (χ3n) is 4.54. The van der Waals surface area contributed by atoms with Crippen molar-refractivity contribution in [3.63, 3.8) is 0 Å². The van der Waals surface area contributed by atoms with Gasteiger partial charge in [0.25, 0.3) is 0 Å². The Morgan fingerprint density at radius 3 is 2.89 bits per heavy atom. The number of nitrogens with zero attached hydrogens (tertiary/aromatic N) is 2. The average Bonchev–Trinajstić information content (AvgIpc) is 2.64. The smallest absolute Gasteiger partial charge is 0.191 e. The van der Waals surface area contributed by atoms with Gasteiger partial charge in [-0.3, -0.25) is 4.90 Å². The molecular formula is C21H36N4O2. The Kier molecular flexibility index (Phi) is 8.88. The fourth-order valence-corrected chi connectivity index (χ4v) is 3.29. The van der Waals surface area contributed by atoms with E-state index in [4.69, 9.17) is 14.5 Å². The summed E-state index contributed by atoms with van der Waals surface area (Å²) in [7, 11) is 1.70. The van der Waals surface area contributed by atoms with Gasteiger partial charge in [-0.1, -0.05) is 26.0 Å². The van der Waals surface area contributed by atoms with Gasteiger partial charge < -0.3 is 20.1 Å². The Bertz CT molecular complexity index is 604. The van der Waals surface area contributed by atoms with Crippen molar-refractivity contribution < 1.29 is 9.47 Å². The number of aliphatic imine (C=N–C) groups is 1. The number of guanidine groups is 1. The quantitative estimate of drug-likeness (QED) is 0.539. The summed E-state index contributed by atoms with van der Waals surface area (Å²) in [6.45, 7) is 14.7. The van der Waals surface area contributed by atoms with Crippen LogP contribution in [0.3, 0.4) is 0 Å². The van der Waals surface area contributed by atoms with E-state index in [-0.39, 0.29) is 6.10 Å². The van der Waals surface area contributed by atoms with E-state index >= 15 is 0 Å². The van der Waals surface area contributed by atoms with Crippen molar-refractivity contribution in [2.24, 2.45) is 10.9 Å². The molecule has 0 saturated carbocycles. The van der Waals surface area contributed by atoms with Crippen LogP contribution < -0.4 is 15.4 Å². The van der Waals surface area contributed by atoms with Crippen LogP contribution in [0.4, 0.5) is 0 Å². The summed E-state index contributed by atoms with van der Waals surface area (Å²) in [6, 6.07) is 6.21. The first-order chi connectivity index (χ1) is 13.0. The van der Waals surface area contributed by atoms with Crippen LogP contribution in [0, 0.1) is 12.8 Å². The molecule has 1 atom stereocenters. The second kappa shape index (κ2) is 11.1. The van der Waals surface area contributed by atoms with Gasteiger partial charge in [0.05, 0.1) is 26.4 Å². The van der Waals surface area contributed by atoms with E-state index in [2.05, 4.69) is 55.4 Å². The lowest BCUT2D eigenvalue weighted by Crippen LogP contribution is -2.50. The zero-order chi connectivity index (χ0) is 19.6. The lowest BCUT2D eigenvalue weighted by atomic mass is 10.1. The van der Waals surface area contributed by atoms with E-state index < -0.39 is 0 Å². The number of hydrogen-bond acceptors (Lipinski definition) is 4. The number of morpholine rings is 1. The molecule has 1 aliphatic rings. The zero-order valence-electron chi connectivity index (χ0n) is 17.5. The van der Waals surface area contributed by atoms with Crippen LogP contribution in [0.2, 0.25) is 0 Å². The number of hydrogen-bond donors (Lipinski definition) is 2. The molecule has 1 aromatic rings. The van der Waals surface area contributed by atoms with E-state index in [0.29, 0.717) is 12.5 Å². The molecule has 6 nitrogen and oxygen atoms in total. The van der Waals surface area contributed by atoms with Crippen molar-refractivity contribution in [2.45, 2.75) is 40.3 Å². The van der Waals surface area contributed by atoms with Gasteiger partial charge in [-0.25, -0.2) is 4.99 Å². The summed E-state index contributed by atoms with van der Waals surface area (Å²) in [4.78, 5) is 7.21. The number of methoxy groups -OCH3 is 1. The van der Waals surface area contributed by atoms with Crippen LogP contribution in [0.15, 0.2) is 23.2 Å². The van der Waals surface area contributed by atoms with Gasteiger partial charge in [0.2, 0.25) is 0 Å². The largest absolute Gasteiger partial charge is 0.496 e. The first kappa shape index (κ1) is 21.5. The monoisotopic (exact) mass is 376 g/mol. The lowest BCUT2D eigenvalue weighted by Gasteiger charge is -2.34. The van der Waals surface area contributed by atoms with Gasteiger partial charge >= 0.3 is 0 Å². The van der Waals surface area contributed by atoms with Gasteiger partial charge in [0.1, 0.15) is 5.75 Å². The fraction of sp³-hybridized carbons (Fsp3) is 0.667. The van der Waals surface area contributed by atoms with E-state index in [9.17, 15) is 0 Å². The highest BCUT2D eigenvalue weighted by atomic mass is 16.5. The Labute approximate surface area is 164 Å². The Morgan fingerprint density at radius 1 is 1.37 bits per heavy atom. The Balaban J connectivity index is 1.92. The molecule has 152 valence electrons. The van der Waals surface area contributed by atoms with Crippen molar-refractivity contribution in [1.82, 2.24) is 15.5 Å². The minimum atomic E-state index is 0.190. The highest BCUT2D eigenvalue weighted by Gasteiger charge is 2.21. The summed E-state index contributed by atoms with van der Waals surface area (Å²) in [5.74, 6) is 2.37. The number of benzene rings is 1. The van der Waals surface area contributed by atoms with Crippen LogP contribution in [0.1, 0.15) is 31.9 Å². The SMILES string of the molecule is CCNC(=NCc1ccc(C)cc1OC)NCC1CN(CC(C)C)CCO1. The van der Waals surface area contributed by atoms with Crippen LogP contribution in [0.5, 0.6) is 5.75 Å². The van der Waals surface area contributed by atoms with Crippen LogP contribution in [-0.2, 0) is 11.3 Å². The maximum atomic E-state index is 5.92. The van der Waals surface area contributed by atoms with Crippen molar-refractivity contribution in [2.75, 3.05) is 46.4 Å². The minimum absolute atomic E-state index is 0.190. The van der Waals surface area contributed by atoms with E-state index in [0.717, 1.165) is 56.6 Å². The molecule has 1 heterocycles. The summed E-state index contributed by atoms with van der Waals surface area (Å²) >= 11 is 0. The highest BCUT2D eigenvalue weighted by Crippen LogP contribution is 2.20. The molecule has 0 radical (unpaired) electrons. The average molecular weight is 377 g/mol. The minimum Gasteiger partial charge on any atom is -0.496 e. The van der Waals surface area contributed by atoms with Crippen LogP contribution in [0.25, 0.3) is 0 Å². The van der Waals surface area contributed by atoms with Gasteiger partial charge in [-0.2, -0.15) is 0 Å². The van der Waals surface area contributed by atoms with Crippen LogP contribution in [-0.4, -0.2) is 63.4 Å². The summed E-state index contributed by atoms with van der Waals surface area (Å²) in [5, 5.41) is 6.74. The molecule has 0 amide bonds. The second-order valence-corrected chi connectivity index (χ2v) is 7.54. The molecule has 0 aliphatic carbocycles. The second-order valence-electron chi connectivity index (χ2n) is 7.54. The number of nitrogens with one attached hydrogen (secondary N) is 2. The van der Waals surface area contributed by atoms with Gasteiger partial charge in [-0.05, 0) is 31.4 Å². The maximum Gasteiger partial charge on any atom is 0.191 e. The predicted molar refractivity (Wildman–Crippen MR) is 112 cm³/mol. The standard InChI is InChI=1S/C21H36N4O2/c1-6-22-21(23-12-18-8-7-17(4)11-20(18)26-5)24-13-19-15-25(9-10-27-19)14-16(2)3/h7-8,11,16,19H,6,9-10,12-15H2,1-5H3,(H2,22,23,24). The molecular weight excluding hydrogens is 340 g/mol. The molecule has 1 aromatic carbocycles. The molecule has 0 aromatic heterocycles. The molecule has 2 rings (SSSR count). The van der Waals surface area contributed by atoms with Crippen molar-refractivity contribution in [3.8, 4) is 5.75 Å². The normalized spacial score (nSPS) is 18.6. The van der Waals surface area contributed by atoms with Gasteiger partial charge in [0.15, 0.2) is 5.96 Å². The number of rotatable bonds is 8. The third-order valence-corrected chi connectivity index (χ3v) is 4.54. The van der Waals surface area contributed by atoms with Gasteiger partial charge in [-0.15, -0.1) is 0 Å². The molecule has 0 bridgehead atoms. The predicted octanol–water partition coefficient (Wildman–Crippen LogP) is 2.42. The molecule has 1 aliphatic heterocycles. The zero-order valence-corrected chi connectivity index (χ0v) is 17.5. The first-order valence-corrected chi connectivity index (χ1v) is 10.0. The van der Waals surface area contributed by atoms with E-state index in [1.807, 2.05) is 6.07 Å². The molecule has 27 heavy (non-hydrogen) atoms. The first-order valence-electron chi connectivity index (χ1n) is 10.0. The summed E-state index contributed by atoms with van der Waals surface area (Å²) < 4.78 is 11.4. The molecule has 2 N–H and O–H groups in total. The Hall–Kier alpha value is -1.79. The molecule has 0 spiro atoms. The van der Waals surface area contributed by atoms with Gasteiger partial charge in [0, 0.05) is 38.3 Å².